The standard InChI is InChI=1S/C30H35F4NO3S/c1-20-4-6-21(7-5-20)19-29-12-15-35(26(36)27(2)13-16-39(37,38)17-14-27)25(29)11-8-22-18-23(9-10-24(22)29)28(3,31)30(32,33)34/h4-7,9-10,18,25H,8,11-17,19H2,1-3H3. The summed E-state index contributed by atoms with van der Waals surface area (Å²) in [4.78, 5) is 15.9. The SMILES string of the molecule is Cc1ccc(CC23CCN(C(=O)C4(C)CCS(=O)(=O)CC4)C2CCc2cc(C(C)(F)C(F)(F)F)ccc23)cc1. The Labute approximate surface area is 227 Å². The van der Waals surface area contributed by atoms with Crippen molar-refractivity contribution in [3.63, 3.8) is 0 Å². The van der Waals surface area contributed by atoms with E-state index in [-0.39, 0.29) is 36.3 Å². The lowest BCUT2D eigenvalue weighted by Crippen LogP contribution is -2.53. The van der Waals surface area contributed by atoms with Gasteiger partial charge in [0.25, 0.3) is 0 Å². The molecule has 3 unspecified atom stereocenters. The second kappa shape index (κ2) is 9.32. The fraction of sp³-hybridized carbons (Fsp3) is 0.567. The Morgan fingerprint density at radius 1 is 1.03 bits per heavy atom. The Morgan fingerprint density at radius 2 is 1.67 bits per heavy atom. The van der Waals surface area contributed by atoms with Crippen LogP contribution < -0.4 is 0 Å². The third kappa shape index (κ3) is 4.78. The number of aryl methyl sites for hydroxylation is 2. The molecular formula is C30H35F4NO3S. The summed E-state index contributed by atoms with van der Waals surface area (Å²) < 4.78 is 79.5. The Balaban J connectivity index is 1.55. The number of benzene rings is 2. The number of halogens is 4. The number of sulfone groups is 1. The molecule has 39 heavy (non-hydrogen) atoms. The van der Waals surface area contributed by atoms with Crippen molar-refractivity contribution in [2.45, 2.75) is 82.6 Å². The molecule has 1 amide bonds. The number of carbonyl (C=O) groups is 1. The maximum Gasteiger partial charge on any atom is 0.426 e. The van der Waals surface area contributed by atoms with Gasteiger partial charge in [-0.1, -0.05) is 55.0 Å². The maximum absolute atomic E-state index is 14.9. The lowest BCUT2D eigenvalue weighted by Gasteiger charge is -2.46. The van der Waals surface area contributed by atoms with Crippen LogP contribution in [0, 0.1) is 12.3 Å². The summed E-state index contributed by atoms with van der Waals surface area (Å²) in [5.74, 6) is -0.0499. The minimum atomic E-state index is -5.03. The van der Waals surface area contributed by atoms with Gasteiger partial charge in [-0.3, -0.25) is 4.79 Å². The van der Waals surface area contributed by atoms with Gasteiger partial charge in [-0.15, -0.1) is 0 Å². The zero-order chi connectivity index (χ0) is 28.4. The second-order valence-corrected chi connectivity index (χ2v) is 14.5. The average molecular weight is 566 g/mol. The maximum atomic E-state index is 14.9. The number of rotatable bonds is 4. The first-order valence-corrected chi connectivity index (χ1v) is 15.4. The van der Waals surface area contributed by atoms with E-state index in [1.54, 1.807) is 6.07 Å². The van der Waals surface area contributed by atoms with Crippen molar-refractivity contribution in [2.75, 3.05) is 18.1 Å². The number of nitrogens with zero attached hydrogens (tertiary/aromatic N) is 1. The normalized spacial score (nSPS) is 27.4. The van der Waals surface area contributed by atoms with Gasteiger partial charge in [0, 0.05) is 23.4 Å². The summed E-state index contributed by atoms with van der Waals surface area (Å²) in [6.07, 6.45) is -2.24. The molecule has 1 aliphatic carbocycles. The minimum Gasteiger partial charge on any atom is -0.338 e. The van der Waals surface area contributed by atoms with Crippen LogP contribution in [0.1, 0.15) is 67.3 Å². The largest absolute Gasteiger partial charge is 0.426 e. The fourth-order valence-corrected chi connectivity index (χ4v) is 8.61. The van der Waals surface area contributed by atoms with Gasteiger partial charge in [-0.25, -0.2) is 12.8 Å². The summed E-state index contributed by atoms with van der Waals surface area (Å²) in [6, 6.07) is 12.2. The second-order valence-electron chi connectivity index (χ2n) is 12.2. The predicted octanol–water partition coefficient (Wildman–Crippen LogP) is 5.98. The molecule has 2 aromatic carbocycles. The van der Waals surface area contributed by atoms with E-state index in [0.29, 0.717) is 44.7 Å². The number of amides is 1. The van der Waals surface area contributed by atoms with Crippen LogP contribution in [-0.4, -0.2) is 49.5 Å². The molecule has 0 saturated carbocycles. The third-order valence-corrected chi connectivity index (χ3v) is 11.2. The number of hydrogen-bond acceptors (Lipinski definition) is 3. The van der Waals surface area contributed by atoms with Gasteiger partial charge in [-0.2, -0.15) is 13.2 Å². The van der Waals surface area contributed by atoms with Crippen molar-refractivity contribution in [3.05, 3.63) is 70.3 Å². The van der Waals surface area contributed by atoms with Crippen LogP contribution in [0.5, 0.6) is 0 Å². The van der Waals surface area contributed by atoms with E-state index in [1.165, 1.54) is 12.1 Å². The summed E-state index contributed by atoms with van der Waals surface area (Å²) >= 11 is 0. The van der Waals surface area contributed by atoms with Crippen LogP contribution in [0.25, 0.3) is 0 Å². The first-order chi connectivity index (χ1) is 18.1. The molecule has 9 heteroatoms. The van der Waals surface area contributed by atoms with Gasteiger partial charge in [0.05, 0.1) is 11.5 Å². The molecule has 2 aromatic rings. The van der Waals surface area contributed by atoms with Crippen molar-refractivity contribution >= 4 is 15.7 Å². The van der Waals surface area contributed by atoms with Crippen LogP contribution >= 0.6 is 0 Å². The lowest BCUT2D eigenvalue weighted by atomic mass is 9.63. The molecule has 0 spiro atoms. The molecule has 4 nitrogen and oxygen atoms in total. The zero-order valence-electron chi connectivity index (χ0n) is 22.6. The molecule has 5 rings (SSSR count). The van der Waals surface area contributed by atoms with Gasteiger partial charge < -0.3 is 4.90 Å². The number of fused-ring (bicyclic) bond motifs is 3. The summed E-state index contributed by atoms with van der Waals surface area (Å²) in [7, 11) is -3.14. The van der Waals surface area contributed by atoms with E-state index in [2.05, 4.69) is 0 Å². The van der Waals surface area contributed by atoms with Crippen LogP contribution in [0.2, 0.25) is 0 Å². The molecule has 0 radical (unpaired) electrons. The topological polar surface area (TPSA) is 54.5 Å². The Kier molecular flexibility index (Phi) is 6.72. The van der Waals surface area contributed by atoms with Crippen molar-refractivity contribution in [1.29, 1.82) is 0 Å². The van der Waals surface area contributed by atoms with Gasteiger partial charge in [0.2, 0.25) is 11.6 Å². The van der Waals surface area contributed by atoms with Crippen molar-refractivity contribution in [1.82, 2.24) is 4.90 Å². The van der Waals surface area contributed by atoms with E-state index in [1.807, 2.05) is 43.0 Å². The molecule has 212 valence electrons. The molecular weight excluding hydrogens is 530 g/mol. The zero-order valence-corrected chi connectivity index (χ0v) is 23.4. The molecule has 2 saturated heterocycles. The number of likely N-dealkylation sites (tertiary alicyclic amines) is 1. The third-order valence-electron chi connectivity index (χ3n) is 9.56. The quantitative estimate of drug-likeness (QED) is 0.429. The first-order valence-electron chi connectivity index (χ1n) is 13.5. The number of hydrogen-bond donors (Lipinski definition) is 0. The van der Waals surface area contributed by atoms with Crippen LogP contribution in [0.15, 0.2) is 42.5 Å². The Bertz CT molecular complexity index is 1370. The minimum absolute atomic E-state index is 0.00489. The molecule has 2 heterocycles. The highest BCUT2D eigenvalue weighted by Gasteiger charge is 2.57. The van der Waals surface area contributed by atoms with Crippen LogP contribution in [0.3, 0.4) is 0 Å². The summed E-state index contributed by atoms with van der Waals surface area (Å²) in [6.45, 7) is 4.90. The van der Waals surface area contributed by atoms with E-state index < -0.39 is 38.1 Å². The number of carbonyl (C=O) groups excluding carboxylic acids is 1. The number of alkyl halides is 4. The predicted molar refractivity (Wildman–Crippen MR) is 142 cm³/mol. The molecule has 0 bridgehead atoms. The van der Waals surface area contributed by atoms with Crippen LogP contribution in [-0.2, 0) is 38.6 Å². The fourth-order valence-electron chi connectivity index (χ4n) is 6.89. The van der Waals surface area contributed by atoms with E-state index >= 15 is 0 Å². The molecule has 3 aliphatic rings. The van der Waals surface area contributed by atoms with Crippen molar-refractivity contribution in [3.8, 4) is 0 Å². The Morgan fingerprint density at radius 3 is 2.28 bits per heavy atom. The van der Waals surface area contributed by atoms with Crippen LogP contribution in [0.4, 0.5) is 17.6 Å². The average Bonchev–Trinajstić information content (AvgIpc) is 3.25. The molecule has 2 aliphatic heterocycles. The van der Waals surface area contributed by atoms with Gasteiger partial charge in [0.1, 0.15) is 9.84 Å². The highest BCUT2D eigenvalue weighted by Crippen LogP contribution is 2.52. The lowest BCUT2D eigenvalue weighted by molar-refractivity contribution is -0.228. The first kappa shape index (κ1) is 28.1. The van der Waals surface area contributed by atoms with Gasteiger partial charge >= 0.3 is 6.18 Å². The summed E-state index contributed by atoms with van der Waals surface area (Å²) in [5.41, 5.74) is -1.40. The molecule has 2 fully saturated rings. The van der Waals surface area contributed by atoms with Gasteiger partial charge in [-0.05, 0) is 74.6 Å². The molecule has 0 aromatic heterocycles. The monoisotopic (exact) mass is 565 g/mol. The van der Waals surface area contributed by atoms with Gasteiger partial charge in [0.15, 0.2) is 0 Å². The Hall–Kier alpha value is -2.42. The highest BCUT2D eigenvalue weighted by atomic mass is 32.2. The van der Waals surface area contributed by atoms with E-state index in [9.17, 15) is 30.8 Å². The van der Waals surface area contributed by atoms with E-state index in [0.717, 1.165) is 16.7 Å². The molecule has 3 atom stereocenters. The van der Waals surface area contributed by atoms with E-state index in [4.69, 9.17) is 0 Å². The van der Waals surface area contributed by atoms with Crippen molar-refractivity contribution < 1.29 is 30.8 Å². The summed E-state index contributed by atoms with van der Waals surface area (Å²) in [5, 5.41) is 0. The molecule has 0 N–H and O–H groups in total. The smallest absolute Gasteiger partial charge is 0.338 e. The highest BCUT2D eigenvalue weighted by molar-refractivity contribution is 7.91. The van der Waals surface area contributed by atoms with Crippen molar-refractivity contribution in [2.24, 2.45) is 5.41 Å².